The van der Waals surface area contributed by atoms with Crippen molar-refractivity contribution in [2.24, 2.45) is 0 Å². The summed E-state index contributed by atoms with van der Waals surface area (Å²) in [6.45, 7) is 5.76. The third kappa shape index (κ3) is 2.54. The molecule has 1 aliphatic rings. The molecular weight excluding hydrogens is 146 g/mol. The van der Waals surface area contributed by atoms with Gasteiger partial charge in [0.15, 0.2) is 0 Å². The Morgan fingerprint density at radius 1 is 1.33 bits per heavy atom. The van der Waals surface area contributed by atoms with E-state index in [0.717, 1.165) is 12.5 Å². The third-order valence-electron chi connectivity index (χ3n) is 2.68. The first-order valence-electron chi connectivity index (χ1n) is 5.30. The molecular formula is C11H21N. The van der Waals surface area contributed by atoms with Crippen LogP contribution in [0.2, 0.25) is 0 Å². The lowest BCUT2D eigenvalue weighted by molar-refractivity contribution is 0.207. The first-order chi connectivity index (χ1) is 5.88. The predicted molar refractivity (Wildman–Crippen MR) is 54.1 cm³/mol. The van der Waals surface area contributed by atoms with Crippen molar-refractivity contribution in [3.63, 3.8) is 0 Å². The average molecular weight is 167 g/mol. The van der Waals surface area contributed by atoms with Crippen LogP contribution in [-0.2, 0) is 0 Å². The van der Waals surface area contributed by atoms with Crippen LogP contribution in [0.15, 0.2) is 12.3 Å². The van der Waals surface area contributed by atoms with Gasteiger partial charge in [-0.1, -0.05) is 19.9 Å². The number of hydrogen-bond acceptors (Lipinski definition) is 1. The highest BCUT2D eigenvalue weighted by atomic mass is 15.1. The lowest BCUT2D eigenvalue weighted by Crippen LogP contribution is -2.34. The second kappa shape index (κ2) is 5.23. The van der Waals surface area contributed by atoms with Crippen molar-refractivity contribution >= 4 is 0 Å². The third-order valence-corrected chi connectivity index (χ3v) is 2.68. The first kappa shape index (κ1) is 9.63. The maximum absolute atomic E-state index is 2.52. The highest BCUT2D eigenvalue weighted by molar-refractivity contribution is 4.87. The summed E-state index contributed by atoms with van der Waals surface area (Å²) in [5.41, 5.74) is 0. The molecule has 0 amide bonds. The second-order valence-electron chi connectivity index (χ2n) is 3.59. The van der Waals surface area contributed by atoms with E-state index in [1.54, 1.807) is 0 Å². The van der Waals surface area contributed by atoms with Crippen LogP contribution in [0.4, 0.5) is 0 Å². The molecule has 1 nitrogen and oxygen atoms in total. The summed E-state index contributed by atoms with van der Waals surface area (Å²) in [5.74, 6) is 0. The van der Waals surface area contributed by atoms with E-state index in [9.17, 15) is 0 Å². The van der Waals surface area contributed by atoms with Crippen LogP contribution in [0.1, 0.15) is 46.0 Å². The van der Waals surface area contributed by atoms with Gasteiger partial charge in [0, 0.05) is 12.6 Å². The van der Waals surface area contributed by atoms with E-state index in [1.807, 2.05) is 0 Å². The van der Waals surface area contributed by atoms with E-state index in [0.29, 0.717) is 0 Å². The van der Waals surface area contributed by atoms with Gasteiger partial charge in [-0.3, -0.25) is 0 Å². The molecule has 0 aliphatic carbocycles. The van der Waals surface area contributed by atoms with E-state index in [-0.39, 0.29) is 0 Å². The van der Waals surface area contributed by atoms with Gasteiger partial charge in [-0.05, 0) is 38.3 Å². The lowest BCUT2D eigenvalue weighted by atomic mass is 10.0. The van der Waals surface area contributed by atoms with Crippen molar-refractivity contribution in [3.8, 4) is 0 Å². The normalized spacial score (nSPS) is 25.2. The summed E-state index contributed by atoms with van der Waals surface area (Å²) in [6, 6.07) is 0.821. The molecule has 1 saturated heterocycles. The summed E-state index contributed by atoms with van der Waals surface area (Å²) in [5, 5.41) is 0. The summed E-state index contributed by atoms with van der Waals surface area (Å²) < 4.78 is 0. The number of hydrogen-bond donors (Lipinski definition) is 0. The predicted octanol–water partition coefficient (Wildman–Crippen LogP) is 3.17. The lowest BCUT2D eigenvalue weighted by Gasteiger charge is -2.34. The first-order valence-corrected chi connectivity index (χ1v) is 5.30. The standard InChI is InChI=1S/C11H21N/c1-3-5-9-12-10-7-6-8-11(12)4-2/h5,9,11H,3-4,6-8,10H2,1-2H3. The zero-order chi connectivity index (χ0) is 8.81. The van der Waals surface area contributed by atoms with E-state index in [1.165, 1.54) is 32.2 Å². The monoisotopic (exact) mass is 167 g/mol. The maximum atomic E-state index is 2.52. The molecule has 0 aromatic heterocycles. The molecule has 1 fully saturated rings. The molecule has 0 bridgehead atoms. The zero-order valence-electron chi connectivity index (χ0n) is 8.42. The Labute approximate surface area is 76.5 Å². The Morgan fingerprint density at radius 3 is 2.83 bits per heavy atom. The Kier molecular flexibility index (Phi) is 4.20. The summed E-state index contributed by atoms with van der Waals surface area (Å²) in [4.78, 5) is 2.52. The molecule has 12 heavy (non-hydrogen) atoms. The molecule has 1 aliphatic heterocycles. The van der Waals surface area contributed by atoms with Gasteiger partial charge in [-0.15, -0.1) is 0 Å². The van der Waals surface area contributed by atoms with E-state index in [2.05, 4.69) is 31.0 Å². The van der Waals surface area contributed by atoms with Gasteiger partial charge in [-0.25, -0.2) is 0 Å². The van der Waals surface area contributed by atoms with Crippen molar-refractivity contribution in [1.82, 2.24) is 4.90 Å². The topological polar surface area (TPSA) is 3.24 Å². The number of allylic oxidation sites excluding steroid dienone is 1. The van der Waals surface area contributed by atoms with Crippen LogP contribution < -0.4 is 0 Å². The quantitative estimate of drug-likeness (QED) is 0.624. The minimum absolute atomic E-state index is 0.821. The zero-order valence-corrected chi connectivity index (χ0v) is 8.42. The number of piperidine rings is 1. The molecule has 0 aromatic carbocycles. The van der Waals surface area contributed by atoms with Gasteiger partial charge in [0.05, 0.1) is 0 Å². The van der Waals surface area contributed by atoms with Gasteiger partial charge < -0.3 is 4.90 Å². The van der Waals surface area contributed by atoms with E-state index >= 15 is 0 Å². The largest absolute Gasteiger partial charge is 0.375 e. The van der Waals surface area contributed by atoms with Gasteiger partial charge in [-0.2, -0.15) is 0 Å². The Balaban J connectivity index is 2.41. The van der Waals surface area contributed by atoms with Gasteiger partial charge in [0.2, 0.25) is 0 Å². The minimum Gasteiger partial charge on any atom is -0.375 e. The molecule has 0 saturated carbocycles. The van der Waals surface area contributed by atoms with Crippen molar-refractivity contribution in [1.29, 1.82) is 0 Å². The fourth-order valence-corrected chi connectivity index (χ4v) is 1.90. The summed E-state index contributed by atoms with van der Waals surface area (Å²) >= 11 is 0. The van der Waals surface area contributed by atoms with Gasteiger partial charge in [0.1, 0.15) is 0 Å². The number of nitrogens with zero attached hydrogens (tertiary/aromatic N) is 1. The molecule has 0 spiro atoms. The fraction of sp³-hybridized carbons (Fsp3) is 0.818. The van der Waals surface area contributed by atoms with Gasteiger partial charge >= 0.3 is 0 Å². The summed E-state index contributed by atoms with van der Waals surface area (Å²) in [7, 11) is 0. The molecule has 70 valence electrons. The molecule has 1 heteroatoms. The second-order valence-corrected chi connectivity index (χ2v) is 3.59. The number of rotatable bonds is 3. The van der Waals surface area contributed by atoms with Crippen LogP contribution in [0.25, 0.3) is 0 Å². The Hall–Kier alpha value is -0.460. The van der Waals surface area contributed by atoms with Gasteiger partial charge in [0.25, 0.3) is 0 Å². The molecule has 0 N–H and O–H groups in total. The molecule has 1 atom stereocenters. The van der Waals surface area contributed by atoms with Crippen molar-refractivity contribution in [2.75, 3.05) is 6.54 Å². The fourth-order valence-electron chi connectivity index (χ4n) is 1.90. The molecule has 0 radical (unpaired) electrons. The maximum Gasteiger partial charge on any atom is 0.0281 e. The van der Waals surface area contributed by atoms with Crippen molar-refractivity contribution in [3.05, 3.63) is 12.3 Å². The minimum atomic E-state index is 0.821. The van der Waals surface area contributed by atoms with Crippen LogP contribution >= 0.6 is 0 Å². The highest BCUT2D eigenvalue weighted by Crippen LogP contribution is 2.19. The molecule has 0 aromatic rings. The Bertz CT molecular complexity index is 140. The average Bonchev–Trinajstić information content (AvgIpc) is 2.15. The molecule has 1 unspecified atom stereocenters. The van der Waals surface area contributed by atoms with Crippen LogP contribution in [0.3, 0.4) is 0 Å². The number of likely N-dealkylation sites (tertiary alicyclic amines) is 1. The smallest absolute Gasteiger partial charge is 0.0281 e. The molecule has 1 heterocycles. The molecule has 1 rings (SSSR count). The van der Waals surface area contributed by atoms with E-state index < -0.39 is 0 Å². The van der Waals surface area contributed by atoms with Crippen LogP contribution in [0.5, 0.6) is 0 Å². The van der Waals surface area contributed by atoms with Crippen molar-refractivity contribution in [2.45, 2.75) is 52.0 Å². The summed E-state index contributed by atoms with van der Waals surface area (Å²) in [6.07, 6.45) is 11.2. The van der Waals surface area contributed by atoms with Crippen molar-refractivity contribution < 1.29 is 0 Å². The SMILES string of the molecule is CCC=CN1CCCCC1CC. The van der Waals surface area contributed by atoms with E-state index in [4.69, 9.17) is 0 Å². The van der Waals surface area contributed by atoms with Crippen LogP contribution in [-0.4, -0.2) is 17.5 Å². The highest BCUT2D eigenvalue weighted by Gasteiger charge is 2.16. The van der Waals surface area contributed by atoms with Crippen LogP contribution in [0, 0.1) is 0 Å². The Morgan fingerprint density at radius 2 is 2.17 bits per heavy atom.